The first-order valence-electron chi connectivity index (χ1n) is 7.43. The Labute approximate surface area is 119 Å². The zero-order chi connectivity index (χ0) is 14.3. The van der Waals surface area contributed by atoms with Crippen LogP contribution in [0.5, 0.6) is 0 Å². The lowest BCUT2D eigenvalue weighted by molar-refractivity contribution is -0.132. The molecule has 1 spiro atoms. The van der Waals surface area contributed by atoms with Crippen molar-refractivity contribution in [2.24, 2.45) is 0 Å². The second-order valence-corrected chi connectivity index (χ2v) is 6.03. The van der Waals surface area contributed by atoms with Crippen LogP contribution in [0.1, 0.15) is 51.3 Å². The largest absolute Gasteiger partial charge is 0.319 e. The molecule has 108 valence electrons. The van der Waals surface area contributed by atoms with Gasteiger partial charge in [0.2, 0.25) is 5.91 Å². The van der Waals surface area contributed by atoms with Crippen LogP contribution in [-0.4, -0.2) is 22.4 Å². The second-order valence-electron chi connectivity index (χ2n) is 6.03. The summed E-state index contributed by atoms with van der Waals surface area (Å²) in [5, 5.41) is 3.43. The minimum absolute atomic E-state index is 0.174. The SMILES string of the molecule is CCCC(C)N1C(=O)C2(CC2)NC1c1cccc(F)c1. The highest BCUT2D eigenvalue weighted by atomic mass is 19.1. The average molecular weight is 276 g/mol. The molecule has 2 fully saturated rings. The van der Waals surface area contributed by atoms with Crippen LogP contribution in [0.4, 0.5) is 4.39 Å². The molecule has 1 N–H and O–H groups in total. The van der Waals surface area contributed by atoms with Gasteiger partial charge in [-0.05, 0) is 43.9 Å². The van der Waals surface area contributed by atoms with Crippen LogP contribution < -0.4 is 5.32 Å². The number of benzene rings is 1. The van der Waals surface area contributed by atoms with Gasteiger partial charge in [-0.2, -0.15) is 0 Å². The van der Waals surface area contributed by atoms with Crippen LogP contribution in [0.2, 0.25) is 0 Å². The van der Waals surface area contributed by atoms with Gasteiger partial charge in [0.05, 0.1) is 0 Å². The number of nitrogens with zero attached hydrogens (tertiary/aromatic N) is 1. The van der Waals surface area contributed by atoms with E-state index in [2.05, 4.69) is 19.2 Å². The summed E-state index contributed by atoms with van der Waals surface area (Å²) in [4.78, 5) is 14.6. The van der Waals surface area contributed by atoms with Crippen LogP contribution in [0.3, 0.4) is 0 Å². The molecule has 20 heavy (non-hydrogen) atoms. The molecule has 0 bridgehead atoms. The molecule has 3 rings (SSSR count). The van der Waals surface area contributed by atoms with Gasteiger partial charge in [0.15, 0.2) is 0 Å². The van der Waals surface area contributed by atoms with Gasteiger partial charge in [-0.25, -0.2) is 4.39 Å². The Morgan fingerprint density at radius 3 is 2.85 bits per heavy atom. The van der Waals surface area contributed by atoms with E-state index in [4.69, 9.17) is 0 Å². The number of carbonyl (C=O) groups is 1. The molecule has 2 aliphatic rings. The average Bonchev–Trinajstić information content (AvgIpc) is 3.12. The fraction of sp³-hybridized carbons (Fsp3) is 0.562. The zero-order valence-corrected chi connectivity index (χ0v) is 12.0. The number of hydrogen-bond donors (Lipinski definition) is 1. The number of carbonyl (C=O) groups excluding carboxylic acids is 1. The number of rotatable bonds is 4. The van der Waals surface area contributed by atoms with Crippen molar-refractivity contribution in [2.75, 3.05) is 0 Å². The van der Waals surface area contributed by atoms with E-state index >= 15 is 0 Å². The summed E-state index contributed by atoms with van der Waals surface area (Å²) in [6.07, 6.45) is 3.60. The lowest BCUT2D eigenvalue weighted by Gasteiger charge is -2.30. The number of amides is 1. The smallest absolute Gasteiger partial charge is 0.244 e. The Bertz CT molecular complexity index is 527. The third-order valence-electron chi connectivity index (χ3n) is 4.43. The van der Waals surface area contributed by atoms with Crippen LogP contribution in [0.15, 0.2) is 24.3 Å². The molecule has 1 aliphatic carbocycles. The van der Waals surface area contributed by atoms with E-state index < -0.39 is 0 Å². The van der Waals surface area contributed by atoms with E-state index in [1.807, 2.05) is 11.0 Å². The molecular weight excluding hydrogens is 255 g/mol. The van der Waals surface area contributed by atoms with Crippen LogP contribution in [0, 0.1) is 5.82 Å². The fourth-order valence-electron chi connectivity index (χ4n) is 3.17. The lowest BCUT2D eigenvalue weighted by atomic mass is 10.1. The molecule has 1 heterocycles. The van der Waals surface area contributed by atoms with Gasteiger partial charge in [0, 0.05) is 6.04 Å². The topological polar surface area (TPSA) is 32.3 Å². The summed E-state index contributed by atoms with van der Waals surface area (Å²) in [5.74, 6) is -0.0655. The van der Waals surface area contributed by atoms with Crippen molar-refractivity contribution < 1.29 is 9.18 Å². The van der Waals surface area contributed by atoms with E-state index in [9.17, 15) is 9.18 Å². The molecule has 1 amide bonds. The predicted octanol–water partition coefficient (Wildman–Crippen LogP) is 2.98. The molecule has 0 radical (unpaired) electrons. The first-order chi connectivity index (χ1) is 9.57. The van der Waals surface area contributed by atoms with Crippen molar-refractivity contribution in [3.63, 3.8) is 0 Å². The first kappa shape index (κ1) is 13.6. The van der Waals surface area contributed by atoms with Gasteiger partial charge in [-0.1, -0.05) is 25.5 Å². The number of hydrogen-bond acceptors (Lipinski definition) is 2. The van der Waals surface area contributed by atoms with Crippen molar-refractivity contribution in [1.82, 2.24) is 10.2 Å². The molecule has 1 saturated heterocycles. The van der Waals surface area contributed by atoms with Crippen molar-refractivity contribution in [2.45, 2.75) is 57.3 Å². The van der Waals surface area contributed by atoms with E-state index in [1.54, 1.807) is 6.07 Å². The zero-order valence-electron chi connectivity index (χ0n) is 12.0. The van der Waals surface area contributed by atoms with Gasteiger partial charge in [0.1, 0.15) is 17.5 Å². The second kappa shape index (κ2) is 4.85. The molecule has 2 atom stereocenters. The van der Waals surface area contributed by atoms with E-state index in [0.717, 1.165) is 31.2 Å². The maximum absolute atomic E-state index is 13.5. The van der Waals surface area contributed by atoms with Gasteiger partial charge >= 0.3 is 0 Å². The van der Waals surface area contributed by atoms with E-state index in [-0.39, 0.29) is 29.5 Å². The Morgan fingerprint density at radius 1 is 1.50 bits per heavy atom. The highest BCUT2D eigenvalue weighted by Crippen LogP contribution is 2.47. The summed E-state index contributed by atoms with van der Waals surface area (Å²) in [7, 11) is 0. The summed E-state index contributed by atoms with van der Waals surface area (Å²) >= 11 is 0. The van der Waals surface area contributed by atoms with Crippen molar-refractivity contribution >= 4 is 5.91 Å². The van der Waals surface area contributed by atoms with Crippen LogP contribution >= 0.6 is 0 Å². The number of halogens is 1. The highest BCUT2D eigenvalue weighted by molar-refractivity contribution is 5.92. The Balaban J connectivity index is 1.93. The lowest BCUT2D eigenvalue weighted by Crippen LogP contribution is -2.38. The molecular formula is C16H21FN2O. The van der Waals surface area contributed by atoms with E-state index in [1.165, 1.54) is 12.1 Å². The minimum atomic E-state index is -0.362. The molecule has 4 heteroatoms. The Kier molecular flexibility index (Phi) is 3.28. The third-order valence-corrected chi connectivity index (χ3v) is 4.43. The van der Waals surface area contributed by atoms with Crippen molar-refractivity contribution in [3.05, 3.63) is 35.6 Å². The third kappa shape index (κ3) is 2.12. The maximum Gasteiger partial charge on any atom is 0.244 e. The summed E-state index contributed by atoms with van der Waals surface area (Å²) < 4.78 is 13.5. The Morgan fingerprint density at radius 2 is 2.25 bits per heavy atom. The van der Waals surface area contributed by atoms with Crippen LogP contribution in [0.25, 0.3) is 0 Å². The molecule has 3 nitrogen and oxygen atoms in total. The number of nitrogens with one attached hydrogen (secondary N) is 1. The molecule has 1 aliphatic heterocycles. The van der Waals surface area contributed by atoms with Gasteiger partial charge in [-0.15, -0.1) is 0 Å². The molecule has 2 unspecified atom stereocenters. The van der Waals surface area contributed by atoms with E-state index in [0.29, 0.717) is 0 Å². The summed E-state index contributed by atoms with van der Waals surface area (Å²) in [6, 6.07) is 6.73. The quantitative estimate of drug-likeness (QED) is 0.917. The fourth-order valence-corrected chi connectivity index (χ4v) is 3.17. The summed E-state index contributed by atoms with van der Waals surface area (Å²) in [5.41, 5.74) is 0.476. The molecule has 1 aromatic rings. The van der Waals surface area contributed by atoms with Crippen LogP contribution in [-0.2, 0) is 4.79 Å². The van der Waals surface area contributed by atoms with Gasteiger partial charge < -0.3 is 4.90 Å². The predicted molar refractivity (Wildman–Crippen MR) is 75.5 cm³/mol. The Hall–Kier alpha value is -1.42. The highest BCUT2D eigenvalue weighted by Gasteiger charge is 2.60. The van der Waals surface area contributed by atoms with Gasteiger partial charge in [0.25, 0.3) is 0 Å². The molecule has 1 saturated carbocycles. The normalized spacial score (nSPS) is 25.2. The first-order valence-corrected chi connectivity index (χ1v) is 7.43. The standard InChI is InChI=1S/C16H21FN2O/c1-3-5-11(2)19-14(12-6-4-7-13(17)10-12)18-16(8-9-16)15(19)20/h4,6-7,10-11,14,18H,3,5,8-9H2,1-2H3. The van der Waals surface area contributed by atoms with Crippen molar-refractivity contribution in [3.8, 4) is 0 Å². The maximum atomic E-state index is 13.5. The molecule has 1 aromatic carbocycles. The minimum Gasteiger partial charge on any atom is -0.319 e. The van der Waals surface area contributed by atoms with Gasteiger partial charge in [-0.3, -0.25) is 10.1 Å². The molecule has 0 aromatic heterocycles. The van der Waals surface area contributed by atoms with Crippen molar-refractivity contribution in [1.29, 1.82) is 0 Å². The monoisotopic (exact) mass is 276 g/mol. The summed E-state index contributed by atoms with van der Waals surface area (Å²) in [6.45, 7) is 4.20.